The lowest BCUT2D eigenvalue weighted by Crippen LogP contribution is -1.95. The molecule has 0 saturated heterocycles. The first-order valence-corrected chi connectivity index (χ1v) is 8.20. The summed E-state index contributed by atoms with van der Waals surface area (Å²) < 4.78 is 17.9. The van der Waals surface area contributed by atoms with Gasteiger partial charge in [0.25, 0.3) is 0 Å². The maximum Gasteiger partial charge on any atom is 0.230 e. The van der Waals surface area contributed by atoms with Crippen molar-refractivity contribution in [3.05, 3.63) is 53.4 Å². The third kappa shape index (κ3) is 3.09. The highest BCUT2D eigenvalue weighted by atomic mass is 16.5. The first kappa shape index (κ1) is 15.7. The molecule has 7 nitrogen and oxygen atoms in total. The molecule has 0 radical (unpaired) electrons. The van der Waals surface area contributed by atoms with Gasteiger partial charge in [0.2, 0.25) is 5.89 Å². The first-order chi connectivity index (χ1) is 12.2. The lowest BCUT2D eigenvalue weighted by molar-refractivity contribution is 0.354. The predicted octanol–water partition coefficient (Wildman–Crippen LogP) is 2.68. The van der Waals surface area contributed by atoms with E-state index in [-0.39, 0.29) is 0 Å². The minimum Gasteiger partial charge on any atom is -0.493 e. The second kappa shape index (κ2) is 6.23. The molecule has 0 bridgehead atoms. The van der Waals surface area contributed by atoms with Crippen molar-refractivity contribution in [3.8, 4) is 11.5 Å². The van der Waals surface area contributed by atoms with E-state index >= 15 is 0 Å². The molecule has 1 saturated carbocycles. The number of aromatic nitrogens is 4. The Morgan fingerprint density at radius 3 is 2.76 bits per heavy atom. The lowest BCUT2D eigenvalue weighted by atomic mass is 10.1. The summed E-state index contributed by atoms with van der Waals surface area (Å²) in [6.07, 6.45) is 5.58. The van der Waals surface area contributed by atoms with Gasteiger partial charge in [0.1, 0.15) is 0 Å². The normalized spacial score (nSPS) is 19.0. The monoisotopic (exact) mass is 340 g/mol. The molecule has 1 aliphatic carbocycles. The Bertz CT molecular complexity index is 886. The lowest BCUT2D eigenvalue weighted by Gasteiger charge is -2.08. The van der Waals surface area contributed by atoms with Crippen molar-refractivity contribution in [3.63, 3.8) is 0 Å². The van der Waals surface area contributed by atoms with Crippen LogP contribution in [0.4, 0.5) is 0 Å². The fourth-order valence-electron chi connectivity index (χ4n) is 3.13. The van der Waals surface area contributed by atoms with Gasteiger partial charge in [-0.05, 0) is 35.6 Å². The maximum absolute atomic E-state index is 5.48. The fraction of sp³-hybridized carbons (Fsp3) is 0.389. The molecule has 4 rings (SSSR count). The summed E-state index contributed by atoms with van der Waals surface area (Å²) in [5, 5.41) is 8.35. The molecule has 2 heterocycles. The standard InChI is InChI=1S/C18H20N4O3/c1-22-10-12(9-19-22)13-8-14(13)18-20-17(21-25-18)7-11-4-5-15(23-2)16(6-11)24-3/h4-6,9-10,13-14H,7-8H2,1-3H3/t13-,14-/m1/s1. The number of aryl methyl sites for hydroxylation is 1. The summed E-state index contributed by atoms with van der Waals surface area (Å²) in [6.45, 7) is 0. The minimum absolute atomic E-state index is 0.302. The molecule has 2 aromatic heterocycles. The zero-order valence-corrected chi connectivity index (χ0v) is 14.5. The number of nitrogens with zero attached hydrogens (tertiary/aromatic N) is 4. The topological polar surface area (TPSA) is 75.2 Å². The number of benzene rings is 1. The molecular formula is C18H20N4O3. The SMILES string of the molecule is COc1ccc(Cc2noc([C@@H]3C[C@@H]3c3cnn(C)c3)n2)cc1OC. The molecule has 0 N–H and O–H groups in total. The molecule has 0 aliphatic heterocycles. The van der Waals surface area contributed by atoms with Crippen LogP contribution in [-0.2, 0) is 13.5 Å². The molecule has 25 heavy (non-hydrogen) atoms. The van der Waals surface area contributed by atoms with Crippen molar-refractivity contribution in [1.29, 1.82) is 0 Å². The highest BCUT2D eigenvalue weighted by Crippen LogP contribution is 2.53. The number of ether oxygens (including phenoxy) is 2. The van der Waals surface area contributed by atoms with E-state index in [2.05, 4.69) is 15.2 Å². The molecule has 130 valence electrons. The largest absolute Gasteiger partial charge is 0.493 e. The molecule has 0 spiro atoms. The van der Waals surface area contributed by atoms with E-state index in [1.54, 1.807) is 14.2 Å². The molecule has 1 aliphatic rings. The van der Waals surface area contributed by atoms with Crippen LogP contribution in [0, 0.1) is 0 Å². The summed E-state index contributed by atoms with van der Waals surface area (Å²) in [4.78, 5) is 4.57. The van der Waals surface area contributed by atoms with Crippen LogP contribution in [0.1, 0.15) is 41.1 Å². The van der Waals surface area contributed by atoms with Crippen molar-refractivity contribution in [2.45, 2.75) is 24.7 Å². The van der Waals surface area contributed by atoms with Crippen molar-refractivity contribution < 1.29 is 14.0 Å². The number of hydrogen-bond acceptors (Lipinski definition) is 6. The van der Waals surface area contributed by atoms with Crippen molar-refractivity contribution >= 4 is 0 Å². The number of methoxy groups -OCH3 is 2. The van der Waals surface area contributed by atoms with Crippen molar-refractivity contribution in [1.82, 2.24) is 19.9 Å². The van der Waals surface area contributed by atoms with Gasteiger partial charge < -0.3 is 14.0 Å². The predicted molar refractivity (Wildman–Crippen MR) is 90.0 cm³/mol. The van der Waals surface area contributed by atoms with Gasteiger partial charge in [-0.25, -0.2) is 0 Å². The van der Waals surface area contributed by atoms with Crippen molar-refractivity contribution in [2.75, 3.05) is 14.2 Å². The Morgan fingerprint density at radius 1 is 1.20 bits per heavy atom. The Kier molecular flexibility index (Phi) is 3.91. The summed E-state index contributed by atoms with van der Waals surface area (Å²) in [5.74, 6) is 3.53. The van der Waals surface area contributed by atoms with E-state index < -0.39 is 0 Å². The van der Waals surface area contributed by atoms with Gasteiger partial charge in [0.15, 0.2) is 17.3 Å². The maximum atomic E-state index is 5.48. The average molecular weight is 340 g/mol. The van der Waals surface area contributed by atoms with Crippen LogP contribution < -0.4 is 9.47 Å². The molecule has 0 unspecified atom stereocenters. The zero-order chi connectivity index (χ0) is 17.4. The van der Waals surface area contributed by atoms with Crippen LogP contribution >= 0.6 is 0 Å². The van der Waals surface area contributed by atoms with Gasteiger partial charge in [-0.3, -0.25) is 4.68 Å². The van der Waals surface area contributed by atoms with E-state index in [9.17, 15) is 0 Å². The van der Waals surface area contributed by atoms with Gasteiger partial charge in [0, 0.05) is 25.6 Å². The molecule has 1 aromatic carbocycles. The molecular weight excluding hydrogens is 320 g/mol. The highest BCUT2D eigenvalue weighted by molar-refractivity contribution is 5.43. The Hall–Kier alpha value is -2.83. The van der Waals surface area contributed by atoms with Gasteiger partial charge in [-0.2, -0.15) is 10.1 Å². The Morgan fingerprint density at radius 2 is 2.04 bits per heavy atom. The third-order valence-corrected chi connectivity index (χ3v) is 4.55. The van der Waals surface area contributed by atoms with E-state index in [0.29, 0.717) is 41.5 Å². The third-order valence-electron chi connectivity index (χ3n) is 4.55. The minimum atomic E-state index is 0.302. The van der Waals surface area contributed by atoms with Crippen LogP contribution in [0.15, 0.2) is 35.1 Å². The van der Waals surface area contributed by atoms with Gasteiger partial charge >= 0.3 is 0 Å². The average Bonchev–Trinajstić information content (AvgIpc) is 3.08. The van der Waals surface area contributed by atoms with Gasteiger partial charge in [-0.1, -0.05) is 11.2 Å². The van der Waals surface area contributed by atoms with E-state index in [0.717, 1.165) is 12.0 Å². The Balaban J connectivity index is 1.46. The number of hydrogen-bond donors (Lipinski definition) is 0. The second-order valence-electron chi connectivity index (χ2n) is 6.31. The van der Waals surface area contributed by atoms with Crippen LogP contribution in [0.25, 0.3) is 0 Å². The van der Waals surface area contributed by atoms with Crippen LogP contribution in [0.3, 0.4) is 0 Å². The van der Waals surface area contributed by atoms with E-state index in [4.69, 9.17) is 14.0 Å². The molecule has 2 atom stereocenters. The first-order valence-electron chi connectivity index (χ1n) is 8.20. The summed E-state index contributed by atoms with van der Waals surface area (Å²) >= 11 is 0. The zero-order valence-electron chi connectivity index (χ0n) is 14.5. The Labute approximate surface area is 145 Å². The van der Waals surface area contributed by atoms with Crippen molar-refractivity contribution in [2.24, 2.45) is 7.05 Å². The quantitative estimate of drug-likeness (QED) is 0.687. The van der Waals surface area contributed by atoms with Gasteiger partial charge in [-0.15, -0.1) is 0 Å². The molecule has 3 aromatic rings. The summed E-state index contributed by atoms with van der Waals surface area (Å²) in [7, 11) is 5.17. The smallest absolute Gasteiger partial charge is 0.230 e. The molecule has 0 amide bonds. The summed E-state index contributed by atoms with van der Waals surface area (Å²) in [6, 6.07) is 5.80. The summed E-state index contributed by atoms with van der Waals surface area (Å²) in [5.41, 5.74) is 2.27. The van der Waals surface area contributed by atoms with Crippen LogP contribution in [0.5, 0.6) is 11.5 Å². The van der Waals surface area contributed by atoms with Crippen LogP contribution in [0.2, 0.25) is 0 Å². The second-order valence-corrected chi connectivity index (χ2v) is 6.31. The molecule has 1 fully saturated rings. The molecule has 7 heteroatoms. The van der Waals surface area contributed by atoms with E-state index in [1.165, 1.54) is 5.56 Å². The van der Waals surface area contributed by atoms with E-state index in [1.807, 2.05) is 42.3 Å². The van der Waals surface area contributed by atoms with Gasteiger partial charge in [0.05, 0.1) is 20.4 Å². The fourth-order valence-corrected chi connectivity index (χ4v) is 3.13. The van der Waals surface area contributed by atoms with Crippen LogP contribution in [-0.4, -0.2) is 34.1 Å². The highest BCUT2D eigenvalue weighted by Gasteiger charge is 2.44. The number of rotatable bonds is 6.